The van der Waals surface area contributed by atoms with Crippen molar-refractivity contribution >= 4 is 17.5 Å². The van der Waals surface area contributed by atoms with Crippen LogP contribution in [0.25, 0.3) is 0 Å². The van der Waals surface area contributed by atoms with Crippen molar-refractivity contribution in [2.45, 2.75) is 6.04 Å². The van der Waals surface area contributed by atoms with E-state index < -0.39 is 17.6 Å². The van der Waals surface area contributed by atoms with Crippen molar-refractivity contribution in [2.24, 2.45) is 0 Å². The Morgan fingerprint density at radius 2 is 1.86 bits per heavy atom. The van der Waals surface area contributed by atoms with Crippen molar-refractivity contribution in [3.05, 3.63) is 59.9 Å². The van der Waals surface area contributed by atoms with Crippen molar-refractivity contribution in [2.75, 3.05) is 45.3 Å². The van der Waals surface area contributed by atoms with Gasteiger partial charge < -0.3 is 20.1 Å². The van der Waals surface area contributed by atoms with E-state index in [1.807, 2.05) is 24.3 Å². The molecule has 0 aromatic heterocycles. The first kappa shape index (κ1) is 20.8. The standard InChI is InChI=1S/C21H24FN3O4/c1-28-18-7-5-15(6-8-18)19(25-9-11-29-12-10-25)14-23-20(26)21(27)24-17-4-2-3-16(22)13-17/h2-8,13,19H,9-12,14H2,1H3,(H,23,26)(H,24,27). The Balaban J connectivity index is 1.65. The van der Waals surface area contributed by atoms with E-state index in [2.05, 4.69) is 15.5 Å². The Labute approximate surface area is 168 Å². The Hall–Kier alpha value is -2.97. The van der Waals surface area contributed by atoms with E-state index in [0.29, 0.717) is 13.2 Å². The molecular weight excluding hydrogens is 377 g/mol. The normalized spacial score (nSPS) is 15.4. The van der Waals surface area contributed by atoms with Crippen molar-refractivity contribution in [3.8, 4) is 5.75 Å². The Morgan fingerprint density at radius 1 is 1.14 bits per heavy atom. The SMILES string of the molecule is COc1ccc(C(CNC(=O)C(=O)Nc2cccc(F)c2)N2CCOCC2)cc1. The van der Waals surface area contributed by atoms with Crippen LogP contribution in [0, 0.1) is 5.82 Å². The van der Waals surface area contributed by atoms with Gasteiger partial charge in [0.15, 0.2) is 0 Å². The number of benzene rings is 2. The first-order chi connectivity index (χ1) is 14.1. The summed E-state index contributed by atoms with van der Waals surface area (Å²) >= 11 is 0. The van der Waals surface area contributed by atoms with Gasteiger partial charge in [0.1, 0.15) is 11.6 Å². The van der Waals surface area contributed by atoms with E-state index >= 15 is 0 Å². The van der Waals surface area contributed by atoms with Gasteiger partial charge in [-0.2, -0.15) is 0 Å². The predicted molar refractivity (Wildman–Crippen MR) is 106 cm³/mol. The Kier molecular flexibility index (Phi) is 7.15. The summed E-state index contributed by atoms with van der Waals surface area (Å²) in [5.41, 5.74) is 1.23. The molecule has 1 unspecified atom stereocenters. The highest BCUT2D eigenvalue weighted by Crippen LogP contribution is 2.23. The molecule has 2 N–H and O–H groups in total. The molecule has 0 radical (unpaired) electrons. The molecule has 29 heavy (non-hydrogen) atoms. The number of halogens is 1. The monoisotopic (exact) mass is 401 g/mol. The van der Waals surface area contributed by atoms with Crippen molar-refractivity contribution in [1.82, 2.24) is 10.2 Å². The van der Waals surface area contributed by atoms with Gasteiger partial charge in [-0.15, -0.1) is 0 Å². The van der Waals surface area contributed by atoms with E-state index in [0.717, 1.165) is 30.5 Å². The quantitative estimate of drug-likeness (QED) is 0.724. The molecule has 0 spiro atoms. The van der Waals surface area contributed by atoms with Gasteiger partial charge in [-0.3, -0.25) is 14.5 Å². The van der Waals surface area contributed by atoms with E-state index in [-0.39, 0.29) is 18.3 Å². The van der Waals surface area contributed by atoms with Crippen LogP contribution in [0.1, 0.15) is 11.6 Å². The highest BCUT2D eigenvalue weighted by atomic mass is 19.1. The minimum absolute atomic E-state index is 0.115. The summed E-state index contributed by atoms with van der Waals surface area (Å²) in [6.45, 7) is 2.92. The zero-order chi connectivity index (χ0) is 20.6. The van der Waals surface area contributed by atoms with Crippen LogP contribution in [0.15, 0.2) is 48.5 Å². The number of hydrogen-bond acceptors (Lipinski definition) is 5. The van der Waals surface area contributed by atoms with Crippen LogP contribution in [0.2, 0.25) is 0 Å². The lowest BCUT2D eigenvalue weighted by atomic mass is 10.0. The molecule has 1 saturated heterocycles. The third kappa shape index (κ3) is 5.75. The van der Waals surface area contributed by atoms with E-state index in [1.165, 1.54) is 18.2 Å². The minimum atomic E-state index is -0.842. The van der Waals surface area contributed by atoms with Crippen LogP contribution in [0.4, 0.5) is 10.1 Å². The lowest BCUT2D eigenvalue weighted by Crippen LogP contribution is -2.45. The molecule has 8 heteroatoms. The fourth-order valence-electron chi connectivity index (χ4n) is 3.20. The maximum absolute atomic E-state index is 13.2. The maximum Gasteiger partial charge on any atom is 0.313 e. The number of amides is 2. The third-order valence-electron chi connectivity index (χ3n) is 4.73. The summed E-state index contributed by atoms with van der Waals surface area (Å²) in [6, 6.07) is 12.9. The molecule has 1 atom stereocenters. The highest BCUT2D eigenvalue weighted by molar-refractivity contribution is 6.39. The van der Waals surface area contributed by atoms with Crippen LogP contribution in [0.5, 0.6) is 5.75 Å². The van der Waals surface area contributed by atoms with Gasteiger partial charge in [-0.05, 0) is 35.9 Å². The lowest BCUT2D eigenvalue weighted by molar-refractivity contribution is -0.136. The predicted octanol–water partition coefficient (Wildman–Crippen LogP) is 1.96. The maximum atomic E-state index is 13.2. The molecule has 2 aromatic rings. The summed E-state index contributed by atoms with van der Waals surface area (Å²) < 4.78 is 23.9. The number of nitrogens with zero attached hydrogens (tertiary/aromatic N) is 1. The van der Waals surface area contributed by atoms with Crippen LogP contribution < -0.4 is 15.4 Å². The molecule has 1 aliphatic rings. The fourth-order valence-corrected chi connectivity index (χ4v) is 3.20. The topological polar surface area (TPSA) is 79.9 Å². The van der Waals surface area contributed by atoms with E-state index in [9.17, 15) is 14.0 Å². The second-order valence-corrected chi connectivity index (χ2v) is 6.61. The number of morpholine rings is 1. The smallest absolute Gasteiger partial charge is 0.313 e. The zero-order valence-corrected chi connectivity index (χ0v) is 16.2. The summed E-state index contributed by atoms with van der Waals surface area (Å²) in [5.74, 6) is -1.37. The summed E-state index contributed by atoms with van der Waals surface area (Å²) in [6.07, 6.45) is 0. The molecule has 3 rings (SSSR count). The summed E-state index contributed by atoms with van der Waals surface area (Å²) in [7, 11) is 1.60. The molecule has 0 aliphatic carbocycles. The van der Waals surface area contributed by atoms with Crippen molar-refractivity contribution in [3.63, 3.8) is 0 Å². The molecule has 2 aromatic carbocycles. The molecule has 1 aliphatic heterocycles. The van der Waals surface area contributed by atoms with Crippen LogP contribution >= 0.6 is 0 Å². The Bertz CT molecular complexity index is 838. The second-order valence-electron chi connectivity index (χ2n) is 6.61. The number of carbonyl (C=O) groups excluding carboxylic acids is 2. The number of methoxy groups -OCH3 is 1. The van der Waals surface area contributed by atoms with Crippen molar-refractivity contribution < 1.29 is 23.5 Å². The Morgan fingerprint density at radius 3 is 2.52 bits per heavy atom. The molecule has 0 saturated carbocycles. The molecule has 0 bridgehead atoms. The average Bonchev–Trinajstić information content (AvgIpc) is 2.75. The van der Waals surface area contributed by atoms with Crippen LogP contribution in [-0.4, -0.2) is 56.7 Å². The van der Waals surface area contributed by atoms with Gasteiger partial charge in [0.05, 0.1) is 26.4 Å². The molecule has 2 amide bonds. The largest absolute Gasteiger partial charge is 0.497 e. The van der Waals surface area contributed by atoms with Crippen LogP contribution in [0.3, 0.4) is 0 Å². The fraction of sp³-hybridized carbons (Fsp3) is 0.333. The second kappa shape index (κ2) is 9.99. The first-order valence-electron chi connectivity index (χ1n) is 9.37. The molecular formula is C21H24FN3O4. The van der Waals surface area contributed by atoms with Gasteiger partial charge in [0.2, 0.25) is 0 Å². The average molecular weight is 401 g/mol. The molecule has 1 heterocycles. The summed E-state index contributed by atoms with van der Waals surface area (Å²) in [5, 5.41) is 5.08. The zero-order valence-electron chi connectivity index (χ0n) is 16.2. The molecule has 7 nitrogen and oxygen atoms in total. The van der Waals surface area contributed by atoms with Gasteiger partial charge >= 0.3 is 11.8 Å². The number of rotatable bonds is 6. The third-order valence-corrected chi connectivity index (χ3v) is 4.73. The van der Waals surface area contributed by atoms with Gasteiger partial charge in [-0.1, -0.05) is 18.2 Å². The van der Waals surface area contributed by atoms with E-state index in [4.69, 9.17) is 9.47 Å². The highest BCUT2D eigenvalue weighted by Gasteiger charge is 2.24. The van der Waals surface area contributed by atoms with Gasteiger partial charge in [-0.25, -0.2) is 4.39 Å². The number of anilines is 1. The van der Waals surface area contributed by atoms with Gasteiger partial charge in [0, 0.05) is 25.3 Å². The number of hydrogen-bond donors (Lipinski definition) is 2. The number of nitrogens with one attached hydrogen (secondary N) is 2. The number of ether oxygens (including phenoxy) is 2. The lowest BCUT2D eigenvalue weighted by Gasteiger charge is -2.34. The van der Waals surface area contributed by atoms with Gasteiger partial charge in [0.25, 0.3) is 0 Å². The van der Waals surface area contributed by atoms with Crippen LogP contribution in [-0.2, 0) is 14.3 Å². The minimum Gasteiger partial charge on any atom is -0.497 e. The molecule has 1 fully saturated rings. The number of carbonyl (C=O) groups is 2. The first-order valence-corrected chi connectivity index (χ1v) is 9.37. The molecule has 154 valence electrons. The van der Waals surface area contributed by atoms with Crippen molar-refractivity contribution in [1.29, 1.82) is 0 Å². The van der Waals surface area contributed by atoms with E-state index in [1.54, 1.807) is 7.11 Å². The summed E-state index contributed by atoms with van der Waals surface area (Å²) in [4.78, 5) is 26.6.